The van der Waals surface area contributed by atoms with Crippen molar-refractivity contribution >= 4 is 90.0 Å². The zero-order valence-corrected chi connectivity index (χ0v) is 51.6. The molecule has 0 spiro atoms. The van der Waals surface area contributed by atoms with Gasteiger partial charge in [-0.3, -0.25) is 62.1 Å². The number of carbonyl (C=O) groups excluding carboxylic acids is 2. The molecule has 41 nitrogen and oxygen atoms in total. The molecule has 42 heteroatoms. The maximum absolute atomic E-state index is 10.6. The van der Waals surface area contributed by atoms with Crippen LogP contribution in [-0.4, -0.2) is 213 Å². The number of aromatic amines is 2. The summed E-state index contributed by atoms with van der Waals surface area (Å²) in [7, 11) is -3.96. The van der Waals surface area contributed by atoms with E-state index in [4.69, 9.17) is 129 Å². The number of phenols is 1. The van der Waals surface area contributed by atoms with Crippen LogP contribution in [0.15, 0.2) is 67.3 Å². The third-order valence-corrected chi connectivity index (χ3v) is 11.8. The number of carboxylic acid groups (broad SMARTS) is 10. The lowest BCUT2D eigenvalue weighted by molar-refractivity contribution is -0.144. The van der Waals surface area contributed by atoms with Gasteiger partial charge in [0.15, 0.2) is 0 Å². The Kier molecular flexibility index (Phi) is 51.4. The van der Waals surface area contributed by atoms with Gasteiger partial charge in [-0.15, -0.1) is 0 Å². The zero-order chi connectivity index (χ0) is 74.2. The third kappa shape index (κ3) is 54.1. The highest BCUT2D eigenvalue weighted by molar-refractivity contribution is 7.52. The number of fused-ring (bicyclic) bond motifs is 1. The summed E-state index contributed by atoms with van der Waals surface area (Å²) in [5, 5.41) is 92.6. The molecule has 0 bridgehead atoms. The Labute approximate surface area is 534 Å². The summed E-state index contributed by atoms with van der Waals surface area (Å²) in [4.78, 5) is 147. The number of hydrogen-bond acceptors (Lipinski definition) is 25. The number of nitrogens with one attached hydrogen (secondary N) is 2. The molecule has 2 heterocycles. The van der Waals surface area contributed by atoms with Gasteiger partial charge in [0, 0.05) is 54.7 Å². The lowest BCUT2D eigenvalue weighted by Gasteiger charge is -2.05. The first kappa shape index (κ1) is 93.1. The molecule has 0 aliphatic carbocycles. The largest absolute Gasteiger partial charge is 0.508 e. The number of H-pyrrole nitrogens is 2. The smallest absolute Gasteiger partial charge is 0.341 e. The minimum absolute atomic E-state index is 0.0213. The minimum atomic E-state index is -3.96. The number of nitrogens with two attached hydrogens (primary N) is 12. The van der Waals surface area contributed by atoms with Crippen molar-refractivity contribution < 1.29 is 128 Å². The van der Waals surface area contributed by atoms with Crippen LogP contribution in [0.3, 0.4) is 0 Å². The molecular weight excluding hydrogens is 1280 g/mol. The van der Waals surface area contributed by atoms with E-state index in [1.165, 1.54) is 25.4 Å². The molecule has 2 amide bonds. The third-order valence-electron chi connectivity index (χ3n) is 10.7. The molecule has 0 saturated heterocycles. The number of benzene rings is 2. The van der Waals surface area contributed by atoms with Crippen molar-refractivity contribution in [3.63, 3.8) is 0 Å². The highest BCUT2D eigenvalue weighted by Gasteiger charge is 2.20. The molecule has 0 aliphatic rings. The molecular formula is C52H88N15O26P. The Bertz CT molecular complexity index is 2900. The fourth-order valence-electron chi connectivity index (χ4n) is 5.35. The van der Waals surface area contributed by atoms with Gasteiger partial charge in [-0.05, 0) is 74.9 Å². The van der Waals surface area contributed by atoms with Crippen LogP contribution in [0.25, 0.3) is 10.9 Å². The van der Waals surface area contributed by atoms with Crippen LogP contribution in [-0.2, 0) is 81.4 Å². The summed E-state index contributed by atoms with van der Waals surface area (Å²) in [6, 6.07) is 6.28. The van der Waals surface area contributed by atoms with Gasteiger partial charge in [-0.25, -0.2) is 4.98 Å². The molecule has 0 saturated carbocycles. The first-order valence-electron chi connectivity index (χ1n) is 26.9. The molecule has 0 fully saturated rings. The Morgan fingerprint density at radius 2 is 0.894 bits per heavy atom. The molecule has 2 aromatic heterocycles. The van der Waals surface area contributed by atoms with Crippen LogP contribution in [0.5, 0.6) is 5.75 Å². The monoisotopic (exact) mass is 1370 g/mol. The summed E-state index contributed by atoms with van der Waals surface area (Å²) >= 11 is 0. The highest BCUT2D eigenvalue weighted by Crippen LogP contribution is 2.37. The molecule has 0 unspecified atom stereocenters. The van der Waals surface area contributed by atoms with Crippen molar-refractivity contribution in [1.82, 2.24) is 15.0 Å². The van der Waals surface area contributed by atoms with Crippen molar-refractivity contribution in [3.8, 4) is 5.75 Å². The van der Waals surface area contributed by atoms with Gasteiger partial charge in [0.1, 0.15) is 59.9 Å². The number of hydrogen-bond donors (Lipinski definition) is 27. The number of amides is 2. The Morgan fingerprint density at radius 3 is 1.24 bits per heavy atom. The molecule has 9 atom stereocenters. The summed E-state index contributed by atoms with van der Waals surface area (Å²) in [6.07, 6.45) is 6.99. The second kappa shape index (κ2) is 51.9. The summed E-state index contributed by atoms with van der Waals surface area (Å²) in [5.74, 6) is -13.1. The van der Waals surface area contributed by atoms with Crippen LogP contribution in [0.2, 0.25) is 0 Å². The van der Waals surface area contributed by atoms with Gasteiger partial charge in [-0.2, -0.15) is 0 Å². The fraction of sp³-hybridized carbons (Fsp3) is 0.442. The van der Waals surface area contributed by atoms with Crippen molar-refractivity contribution in [2.75, 3.05) is 6.54 Å². The quantitative estimate of drug-likeness (QED) is 0.0179. The van der Waals surface area contributed by atoms with Crippen LogP contribution in [0, 0.1) is 0 Å². The number of phenolic OH excluding ortho intramolecular Hbond substituents is 1. The number of rotatable bonds is 29. The molecule has 0 radical (unpaired) electrons. The number of unbranched alkanes of at least 4 members (excludes halogenated alkanes) is 1. The zero-order valence-electron chi connectivity index (χ0n) is 50.7. The van der Waals surface area contributed by atoms with E-state index in [-0.39, 0.29) is 50.7 Å². The van der Waals surface area contributed by atoms with E-state index in [1.54, 1.807) is 18.3 Å². The van der Waals surface area contributed by atoms with Crippen molar-refractivity contribution in [3.05, 3.63) is 84.1 Å². The molecule has 532 valence electrons. The second-order valence-corrected chi connectivity index (χ2v) is 21.1. The number of primary amides is 2. The number of nitrogens with zero attached hydrogens (tertiary/aromatic N) is 1. The predicted octanol–water partition coefficient (Wildman–Crippen LogP) is -5.10. The van der Waals surface area contributed by atoms with E-state index < -0.39 is 140 Å². The SMILES string of the molecule is C[C@H](N)P(=O)(O)O.NC(=O)CC[C@H](N)C(=O)O.NC(=O)C[C@H](N)C(=O)O.NCCCC[C@H](N)C(=O)O.N[C@@H](CC(=O)O)C(=O)O.N[C@@H](CCC(=O)O)C(=O)O.N[C@@H](Cc1c[nH]c2ccccc12)C(=O)O.N[C@@H](Cc1ccc(O)cc1)C(=O)O.N[C@@H](Cc1cnc[nH]1)C(=O)O. The van der Waals surface area contributed by atoms with Crippen LogP contribution >= 0.6 is 7.60 Å². The van der Waals surface area contributed by atoms with Crippen LogP contribution in [0.1, 0.15) is 81.5 Å². The van der Waals surface area contributed by atoms with Gasteiger partial charge in [0.2, 0.25) is 11.8 Å². The maximum atomic E-state index is 10.6. The molecule has 39 N–H and O–H groups in total. The lowest BCUT2D eigenvalue weighted by Crippen LogP contribution is -2.34. The van der Waals surface area contributed by atoms with E-state index in [0.717, 1.165) is 40.6 Å². The Hall–Kier alpha value is -9.62. The van der Waals surface area contributed by atoms with Gasteiger partial charge in [0.25, 0.3) is 0 Å². The Balaban J connectivity index is -0.000000319. The van der Waals surface area contributed by atoms with Gasteiger partial charge in [-0.1, -0.05) is 36.8 Å². The van der Waals surface area contributed by atoms with E-state index in [2.05, 4.69) is 20.7 Å². The standard InChI is InChI=1S/C11H12N2O2.C9H11NO3.C6H9N3O2.C6H14N2O2.C5H10N2O3.C5H9NO4.C4H8N2O3.C4H7NO4.C2H8NO3P/c12-9(11(14)15)5-7-6-13-10-4-2-1-3-8(7)10;10-8(9(12)13)5-6-1-3-7(11)4-2-6;7-5(6(10)11)1-4-2-8-3-9-4;7-4-2-1-3-5(8)6(9)10;2*6-3(5(9)10)1-2-4(7)8;2*5-2(4(8)9)1-3(6)7;1-2(3)7(4,5)6/h1-4,6,9,13H,5,12H2,(H,14,15);1-4,8,11H,5,10H2,(H,12,13);2-3,5H,1,7H2,(H,8,9)(H,10,11);5H,1-4,7-8H2,(H,9,10);3H,1-2,6H2,(H2,7,8)(H,9,10);3H,1-2,6H2,(H,7,8)(H,9,10);2H,1,5H2,(H2,6,7)(H,8,9);2H,1,5H2,(H,6,7)(H,8,9);2H,3H2,1H3,(H2,4,5,6)/t9-;8-;2*5-;2*3-;3*2-/m000000001/s1. The number of aromatic hydroxyl groups is 1. The normalized spacial score (nSPS) is 12.9. The van der Waals surface area contributed by atoms with E-state index in [1.807, 2.05) is 30.5 Å². The number of aromatic nitrogens is 3. The van der Waals surface area contributed by atoms with E-state index in [9.17, 15) is 62.1 Å². The predicted molar refractivity (Wildman–Crippen MR) is 331 cm³/mol. The summed E-state index contributed by atoms with van der Waals surface area (Å²) in [5.41, 5.74) is 64.0. The average molecular weight is 1370 g/mol. The topological polar surface area (TPSA) is 842 Å². The van der Waals surface area contributed by atoms with Gasteiger partial charge in [0.05, 0.1) is 19.2 Å². The Morgan fingerprint density at radius 1 is 0.489 bits per heavy atom. The lowest BCUT2D eigenvalue weighted by atomic mass is 10.1. The summed E-state index contributed by atoms with van der Waals surface area (Å²) in [6.45, 7) is 1.87. The number of carbonyl (C=O) groups is 12. The fourth-order valence-corrected chi connectivity index (χ4v) is 5.35. The molecule has 94 heavy (non-hydrogen) atoms. The maximum Gasteiger partial charge on any atom is 0.341 e. The average Bonchev–Trinajstić information content (AvgIpc) is 1.70. The summed E-state index contributed by atoms with van der Waals surface area (Å²) < 4.78 is 9.90. The van der Waals surface area contributed by atoms with Crippen LogP contribution in [0.4, 0.5) is 0 Å². The minimum Gasteiger partial charge on any atom is -0.508 e. The van der Waals surface area contributed by atoms with E-state index in [0.29, 0.717) is 19.4 Å². The molecule has 4 aromatic rings. The molecule has 2 aromatic carbocycles. The number of aliphatic carboxylic acids is 10. The number of carboxylic acids is 10. The van der Waals surface area contributed by atoms with Crippen LogP contribution < -0.4 is 68.8 Å². The number of para-hydroxylation sites is 1. The highest BCUT2D eigenvalue weighted by atomic mass is 31.2. The first-order chi connectivity index (χ1) is 43.2. The number of imidazole rings is 1. The van der Waals surface area contributed by atoms with Gasteiger partial charge >= 0.3 is 67.3 Å². The van der Waals surface area contributed by atoms with Crippen molar-refractivity contribution in [2.24, 2.45) is 68.8 Å². The van der Waals surface area contributed by atoms with Crippen molar-refractivity contribution in [1.29, 1.82) is 0 Å². The molecule has 0 aliphatic heterocycles. The van der Waals surface area contributed by atoms with Gasteiger partial charge < -0.3 is 145 Å². The van der Waals surface area contributed by atoms with Crippen molar-refractivity contribution in [2.45, 2.75) is 138 Å². The second-order valence-electron chi connectivity index (χ2n) is 19.1. The first-order valence-corrected chi connectivity index (χ1v) is 28.6. The van der Waals surface area contributed by atoms with E-state index >= 15 is 0 Å². The molecule has 4 rings (SSSR count).